The van der Waals surface area contributed by atoms with E-state index in [2.05, 4.69) is 39.4 Å². The molecule has 2 N–H and O–H groups in total. The van der Waals surface area contributed by atoms with Crippen molar-refractivity contribution in [2.45, 2.75) is 59.2 Å². The maximum absolute atomic E-state index is 12.8. The van der Waals surface area contributed by atoms with Gasteiger partial charge in [-0.15, -0.1) is 0 Å². The summed E-state index contributed by atoms with van der Waals surface area (Å²) in [5.74, 6) is 2.41. The Hall–Kier alpha value is -3.04. The molecule has 0 atom stereocenters. The van der Waals surface area contributed by atoms with Crippen LogP contribution in [0.15, 0.2) is 27.7 Å². The number of nitrogens with one attached hydrogen (secondary N) is 2. The van der Waals surface area contributed by atoms with Crippen molar-refractivity contribution < 1.29 is 27.5 Å². The Kier molecular flexibility index (Phi) is 7.91. The summed E-state index contributed by atoms with van der Waals surface area (Å²) in [6, 6.07) is 4.94. The van der Waals surface area contributed by atoms with Crippen LogP contribution in [0.25, 0.3) is 0 Å². The van der Waals surface area contributed by atoms with Crippen molar-refractivity contribution in [3.63, 3.8) is 0 Å². The molecule has 8 nitrogen and oxygen atoms in total. The molecule has 0 spiro atoms. The molecule has 0 radical (unpaired) electrons. The average Bonchev–Trinajstić information content (AvgIpc) is 3.39. The van der Waals surface area contributed by atoms with Crippen LogP contribution in [0, 0.1) is 0 Å². The van der Waals surface area contributed by atoms with Crippen LogP contribution < -0.4 is 24.8 Å². The number of hydrogen-bond acceptors (Lipinski definition) is 6. The Labute approximate surface area is 179 Å². The first kappa shape index (κ1) is 22.6. The van der Waals surface area contributed by atoms with Gasteiger partial charge in [-0.05, 0) is 25.8 Å². The lowest BCUT2D eigenvalue weighted by atomic mass is 9.99. The highest BCUT2D eigenvalue weighted by Gasteiger charge is 2.20. The monoisotopic (exact) mass is 438 g/mol. The van der Waals surface area contributed by atoms with Gasteiger partial charge in [-0.3, -0.25) is 0 Å². The van der Waals surface area contributed by atoms with Gasteiger partial charge in [0.1, 0.15) is 5.75 Å². The Morgan fingerprint density at radius 2 is 1.87 bits per heavy atom. The summed E-state index contributed by atoms with van der Waals surface area (Å²) in [6.07, 6.45) is 2.00. The Bertz CT molecular complexity index is 884. The summed E-state index contributed by atoms with van der Waals surface area (Å²) in [5.41, 5.74) is 1.40. The highest BCUT2D eigenvalue weighted by Crippen LogP contribution is 2.39. The molecule has 0 saturated heterocycles. The van der Waals surface area contributed by atoms with Crippen molar-refractivity contribution in [1.29, 1.82) is 0 Å². The largest absolute Gasteiger partial charge is 0.454 e. The van der Waals surface area contributed by atoms with Gasteiger partial charge in [0.15, 0.2) is 23.2 Å². The second kappa shape index (κ2) is 10.8. The molecular weight excluding hydrogens is 410 g/mol. The third-order valence-corrected chi connectivity index (χ3v) is 4.93. The van der Waals surface area contributed by atoms with Gasteiger partial charge in [-0.25, -0.2) is 4.99 Å². The fourth-order valence-corrected chi connectivity index (χ4v) is 3.28. The van der Waals surface area contributed by atoms with E-state index in [1.807, 2.05) is 13.0 Å². The first-order valence-electron chi connectivity index (χ1n) is 10.4. The standard InChI is InChI=1S/C21H28F2N4O4/c1-4-13(5-2)16-8-15(31-27-16)11-26-21(24-6-3)25-10-14-7-18-19(29-12-28-18)9-17(14)30-20(22)23/h7-9,13,20H,4-6,10-12H2,1-3H3,(H2,24,25,26). The summed E-state index contributed by atoms with van der Waals surface area (Å²) in [6.45, 7) is 4.38. The predicted octanol–water partition coefficient (Wildman–Crippen LogP) is 4.16. The molecule has 31 heavy (non-hydrogen) atoms. The van der Waals surface area contributed by atoms with Crippen molar-refractivity contribution in [2.24, 2.45) is 4.99 Å². The van der Waals surface area contributed by atoms with E-state index in [4.69, 9.17) is 14.0 Å². The van der Waals surface area contributed by atoms with Crippen molar-refractivity contribution in [3.05, 3.63) is 35.2 Å². The van der Waals surface area contributed by atoms with E-state index in [1.165, 1.54) is 6.07 Å². The molecule has 0 saturated carbocycles. The minimum Gasteiger partial charge on any atom is -0.454 e. The van der Waals surface area contributed by atoms with Gasteiger partial charge in [0.25, 0.3) is 0 Å². The number of aromatic nitrogens is 1. The lowest BCUT2D eigenvalue weighted by Gasteiger charge is -2.13. The Morgan fingerprint density at radius 1 is 1.13 bits per heavy atom. The van der Waals surface area contributed by atoms with E-state index in [1.54, 1.807) is 6.07 Å². The molecule has 1 aromatic carbocycles. The minimum atomic E-state index is -2.95. The molecule has 0 bridgehead atoms. The van der Waals surface area contributed by atoms with Crippen LogP contribution in [0.4, 0.5) is 8.78 Å². The molecule has 2 heterocycles. The SMILES string of the molecule is CCNC(=NCc1cc2c(cc1OC(F)F)OCO2)NCc1cc(C(CC)CC)no1. The fourth-order valence-electron chi connectivity index (χ4n) is 3.28. The van der Waals surface area contributed by atoms with Gasteiger partial charge in [0.05, 0.1) is 18.8 Å². The van der Waals surface area contributed by atoms with Gasteiger partial charge in [-0.1, -0.05) is 19.0 Å². The maximum Gasteiger partial charge on any atom is 0.387 e. The second-order valence-electron chi connectivity index (χ2n) is 6.97. The number of benzene rings is 1. The van der Waals surface area contributed by atoms with Crippen molar-refractivity contribution >= 4 is 5.96 Å². The highest BCUT2D eigenvalue weighted by molar-refractivity contribution is 5.79. The third kappa shape index (κ3) is 5.99. The Morgan fingerprint density at radius 3 is 2.55 bits per heavy atom. The number of ether oxygens (including phenoxy) is 3. The van der Waals surface area contributed by atoms with Crippen LogP contribution in [0.5, 0.6) is 17.2 Å². The quantitative estimate of drug-likeness (QED) is 0.425. The normalized spacial score (nSPS) is 13.2. The van der Waals surface area contributed by atoms with E-state index in [0.717, 1.165) is 18.5 Å². The molecule has 0 fully saturated rings. The van der Waals surface area contributed by atoms with E-state index >= 15 is 0 Å². The summed E-state index contributed by atoms with van der Waals surface area (Å²) in [4.78, 5) is 4.48. The predicted molar refractivity (Wildman–Crippen MR) is 111 cm³/mol. The zero-order valence-corrected chi connectivity index (χ0v) is 17.9. The van der Waals surface area contributed by atoms with E-state index < -0.39 is 6.61 Å². The number of hydrogen-bond donors (Lipinski definition) is 2. The lowest BCUT2D eigenvalue weighted by Crippen LogP contribution is -2.36. The highest BCUT2D eigenvalue weighted by atomic mass is 19.3. The van der Waals surface area contributed by atoms with Crippen molar-refractivity contribution in [1.82, 2.24) is 15.8 Å². The van der Waals surface area contributed by atoms with Crippen LogP contribution in [-0.4, -0.2) is 31.1 Å². The van der Waals surface area contributed by atoms with E-state index in [0.29, 0.717) is 47.8 Å². The average molecular weight is 438 g/mol. The van der Waals surface area contributed by atoms with Crippen LogP contribution >= 0.6 is 0 Å². The first-order chi connectivity index (χ1) is 15.0. The first-order valence-corrected chi connectivity index (χ1v) is 10.4. The van der Waals surface area contributed by atoms with Crippen LogP contribution in [0.2, 0.25) is 0 Å². The maximum atomic E-state index is 12.8. The van der Waals surface area contributed by atoms with Crippen molar-refractivity contribution in [2.75, 3.05) is 13.3 Å². The van der Waals surface area contributed by atoms with Gasteiger partial charge in [0.2, 0.25) is 6.79 Å². The summed E-state index contributed by atoms with van der Waals surface area (Å²) in [5, 5.41) is 10.4. The molecule has 0 amide bonds. The van der Waals surface area contributed by atoms with Crippen molar-refractivity contribution in [3.8, 4) is 17.2 Å². The number of guanidine groups is 1. The molecule has 2 aromatic rings. The van der Waals surface area contributed by atoms with E-state index in [-0.39, 0.29) is 19.1 Å². The molecule has 170 valence electrons. The molecule has 3 rings (SSSR count). The molecule has 1 aliphatic rings. The topological polar surface area (TPSA) is 90.1 Å². The molecule has 0 aliphatic carbocycles. The number of fused-ring (bicyclic) bond motifs is 1. The van der Waals surface area contributed by atoms with Gasteiger partial charge in [0, 0.05) is 30.2 Å². The summed E-state index contributed by atoms with van der Waals surface area (Å²) >= 11 is 0. The summed E-state index contributed by atoms with van der Waals surface area (Å²) < 4.78 is 46.3. The molecule has 1 aromatic heterocycles. The number of rotatable bonds is 10. The number of halogens is 2. The fraction of sp³-hybridized carbons (Fsp3) is 0.524. The smallest absolute Gasteiger partial charge is 0.387 e. The number of nitrogens with zero attached hydrogens (tertiary/aromatic N) is 2. The minimum absolute atomic E-state index is 0.00361. The van der Waals surface area contributed by atoms with Gasteiger partial charge in [-0.2, -0.15) is 8.78 Å². The zero-order chi connectivity index (χ0) is 22.2. The zero-order valence-electron chi connectivity index (χ0n) is 17.9. The second-order valence-corrected chi connectivity index (χ2v) is 6.97. The number of aliphatic imine (C=N–C) groups is 1. The molecule has 1 aliphatic heterocycles. The summed E-state index contributed by atoms with van der Waals surface area (Å²) in [7, 11) is 0. The van der Waals surface area contributed by atoms with Crippen LogP contribution in [0.1, 0.15) is 56.5 Å². The molecule has 0 unspecified atom stereocenters. The lowest BCUT2D eigenvalue weighted by molar-refractivity contribution is -0.0505. The van der Waals surface area contributed by atoms with Gasteiger partial charge >= 0.3 is 6.61 Å². The van der Waals surface area contributed by atoms with Crippen LogP contribution in [-0.2, 0) is 13.1 Å². The third-order valence-electron chi connectivity index (χ3n) is 4.93. The van der Waals surface area contributed by atoms with Gasteiger partial charge < -0.3 is 29.4 Å². The number of alkyl halides is 2. The Balaban J connectivity index is 1.70. The molecular formula is C21H28F2N4O4. The molecule has 10 heteroatoms. The van der Waals surface area contributed by atoms with Crippen LogP contribution in [0.3, 0.4) is 0 Å². The van der Waals surface area contributed by atoms with E-state index in [9.17, 15) is 8.78 Å².